The molecule has 0 aliphatic heterocycles. The quantitative estimate of drug-likeness (QED) is 0.151. The van der Waals surface area contributed by atoms with Crippen LogP contribution in [0.1, 0.15) is 22.3 Å². The van der Waals surface area contributed by atoms with Crippen LogP contribution in [0.5, 0.6) is 0 Å². The van der Waals surface area contributed by atoms with Crippen molar-refractivity contribution in [1.82, 2.24) is 0 Å². The fourth-order valence-electron chi connectivity index (χ4n) is 11.0. The maximum atomic E-state index is 6.34. The van der Waals surface area contributed by atoms with Crippen LogP contribution in [0.2, 0.25) is 0 Å². The number of furan rings is 1. The van der Waals surface area contributed by atoms with E-state index in [1.807, 2.05) is 6.07 Å². The van der Waals surface area contributed by atoms with E-state index in [-0.39, 0.29) is 0 Å². The lowest BCUT2D eigenvalue weighted by atomic mass is 9.67. The van der Waals surface area contributed by atoms with Gasteiger partial charge >= 0.3 is 0 Å². The van der Waals surface area contributed by atoms with Gasteiger partial charge in [0.2, 0.25) is 0 Å². The molecule has 2 heteroatoms. The summed E-state index contributed by atoms with van der Waals surface area (Å²) >= 11 is 0. The number of anilines is 3. The van der Waals surface area contributed by atoms with Gasteiger partial charge in [-0.1, -0.05) is 212 Å². The van der Waals surface area contributed by atoms with Crippen LogP contribution in [0.15, 0.2) is 265 Å². The topological polar surface area (TPSA) is 16.4 Å². The Morgan fingerprint density at radius 1 is 0.313 bits per heavy atom. The lowest BCUT2D eigenvalue weighted by Crippen LogP contribution is -2.28. The van der Waals surface area contributed by atoms with Crippen molar-refractivity contribution in [2.24, 2.45) is 0 Å². The van der Waals surface area contributed by atoms with Crippen molar-refractivity contribution in [3.05, 3.63) is 283 Å². The van der Waals surface area contributed by atoms with Gasteiger partial charge in [0.05, 0.1) is 11.1 Å². The van der Waals surface area contributed by atoms with Crippen molar-refractivity contribution in [1.29, 1.82) is 0 Å². The molecule has 0 saturated carbocycles. The smallest absolute Gasteiger partial charge is 0.136 e. The molecule has 0 saturated heterocycles. The van der Waals surface area contributed by atoms with Crippen molar-refractivity contribution in [3.63, 3.8) is 0 Å². The maximum absolute atomic E-state index is 6.34. The van der Waals surface area contributed by atoms with Crippen LogP contribution in [0.4, 0.5) is 17.1 Å². The Labute approximate surface area is 390 Å². The van der Waals surface area contributed by atoms with Crippen molar-refractivity contribution in [2.75, 3.05) is 4.90 Å². The summed E-state index contributed by atoms with van der Waals surface area (Å²) < 4.78 is 6.34. The molecule has 0 radical (unpaired) electrons. The molecule has 1 aliphatic carbocycles. The Bertz CT molecular complexity index is 3760. The Morgan fingerprint density at radius 2 is 0.866 bits per heavy atom. The van der Waals surface area contributed by atoms with Gasteiger partial charge in [-0.05, 0) is 121 Å². The van der Waals surface area contributed by atoms with Gasteiger partial charge in [-0.15, -0.1) is 0 Å². The zero-order valence-electron chi connectivity index (χ0n) is 36.7. The lowest BCUT2D eigenvalue weighted by Gasteiger charge is -2.35. The predicted octanol–water partition coefficient (Wildman–Crippen LogP) is 17.6. The van der Waals surface area contributed by atoms with E-state index in [0.29, 0.717) is 0 Å². The van der Waals surface area contributed by atoms with Crippen LogP contribution in [-0.4, -0.2) is 0 Å². The highest BCUT2D eigenvalue weighted by atomic mass is 16.3. The van der Waals surface area contributed by atoms with Crippen LogP contribution in [-0.2, 0) is 5.41 Å². The summed E-state index contributed by atoms with van der Waals surface area (Å²) in [5, 5.41) is 4.74. The van der Waals surface area contributed by atoms with Crippen molar-refractivity contribution in [2.45, 2.75) is 5.41 Å². The Morgan fingerprint density at radius 3 is 1.67 bits per heavy atom. The second-order valence-electron chi connectivity index (χ2n) is 17.5. The van der Waals surface area contributed by atoms with Crippen LogP contribution in [0, 0.1) is 0 Å². The molecule has 314 valence electrons. The minimum Gasteiger partial charge on any atom is -0.456 e. The summed E-state index contributed by atoms with van der Waals surface area (Å²) in [7, 11) is 0. The van der Waals surface area contributed by atoms with E-state index in [2.05, 4.69) is 260 Å². The van der Waals surface area contributed by atoms with E-state index in [0.717, 1.165) is 61.3 Å². The Balaban J connectivity index is 1.03. The summed E-state index contributed by atoms with van der Waals surface area (Å²) in [6.45, 7) is 0. The SMILES string of the molecule is c1ccc(C2(c3ccccc3)c3ccccc3-c3ccc(N(c4ccc(-c5cccc6oc7ccccc7c56)cc4)c4ccccc4-c4cccc(-c5cccc6ccccc56)c4)cc32)cc1. The Kier molecular flexibility index (Phi) is 9.11. The van der Waals surface area contributed by atoms with Crippen molar-refractivity contribution in [3.8, 4) is 44.5 Å². The van der Waals surface area contributed by atoms with Gasteiger partial charge in [0.1, 0.15) is 11.2 Å². The second kappa shape index (κ2) is 15.8. The molecule has 1 aromatic heterocycles. The number of fused-ring (bicyclic) bond motifs is 7. The van der Waals surface area contributed by atoms with E-state index < -0.39 is 5.41 Å². The highest BCUT2D eigenvalue weighted by Gasteiger charge is 2.46. The van der Waals surface area contributed by atoms with Gasteiger partial charge in [0.25, 0.3) is 0 Å². The van der Waals surface area contributed by atoms with Crippen molar-refractivity contribution < 1.29 is 4.42 Å². The van der Waals surface area contributed by atoms with Gasteiger partial charge in [0.15, 0.2) is 0 Å². The highest BCUT2D eigenvalue weighted by Crippen LogP contribution is 2.57. The van der Waals surface area contributed by atoms with Crippen LogP contribution >= 0.6 is 0 Å². The van der Waals surface area contributed by atoms with Gasteiger partial charge in [0, 0.05) is 27.7 Å². The molecule has 11 aromatic carbocycles. The van der Waals surface area contributed by atoms with Crippen LogP contribution in [0.25, 0.3) is 77.2 Å². The van der Waals surface area contributed by atoms with E-state index >= 15 is 0 Å². The van der Waals surface area contributed by atoms with Crippen LogP contribution < -0.4 is 4.90 Å². The van der Waals surface area contributed by atoms with Gasteiger partial charge in [-0.25, -0.2) is 0 Å². The third-order valence-corrected chi connectivity index (χ3v) is 14.0. The molecule has 0 fully saturated rings. The number of hydrogen-bond acceptors (Lipinski definition) is 2. The monoisotopic (exact) mass is 853 g/mol. The normalized spacial score (nSPS) is 12.6. The Hall–Kier alpha value is -8.72. The predicted molar refractivity (Wildman–Crippen MR) is 280 cm³/mol. The van der Waals surface area contributed by atoms with Gasteiger partial charge in [-0.2, -0.15) is 0 Å². The lowest BCUT2D eigenvalue weighted by molar-refractivity contribution is 0.669. The molecule has 0 amide bonds. The van der Waals surface area contributed by atoms with E-state index in [1.54, 1.807) is 0 Å². The molecule has 0 atom stereocenters. The summed E-state index contributed by atoms with van der Waals surface area (Å²) in [4.78, 5) is 2.46. The zero-order chi connectivity index (χ0) is 44.3. The molecular weight excluding hydrogens is 811 g/mol. The van der Waals surface area contributed by atoms with E-state index in [1.165, 1.54) is 55.3 Å². The molecule has 13 rings (SSSR count). The largest absolute Gasteiger partial charge is 0.456 e. The number of hydrogen-bond donors (Lipinski definition) is 0. The molecule has 1 aliphatic rings. The average molecular weight is 854 g/mol. The zero-order valence-corrected chi connectivity index (χ0v) is 36.7. The molecular formula is C65H43NO. The molecule has 0 N–H and O–H groups in total. The second-order valence-corrected chi connectivity index (χ2v) is 17.5. The summed E-state index contributed by atoms with van der Waals surface area (Å²) in [5.41, 5.74) is 19.0. The first kappa shape index (κ1) is 38.7. The first-order valence-corrected chi connectivity index (χ1v) is 23.1. The highest BCUT2D eigenvalue weighted by molar-refractivity contribution is 6.12. The third-order valence-electron chi connectivity index (χ3n) is 14.0. The summed E-state index contributed by atoms with van der Waals surface area (Å²) in [6.07, 6.45) is 0. The minimum absolute atomic E-state index is 0.543. The average Bonchev–Trinajstić information content (AvgIpc) is 3.93. The molecule has 0 spiro atoms. The molecule has 1 heterocycles. The van der Waals surface area contributed by atoms with E-state index in [4.69, 9.17) is 4.42 Å². The number of para-hydroxylation sites is 2. The molecule has 2 nitrogen and oxygen atoms in total. The van der Waals surface area contributed by atoms with Crippen LogP contribution in [0.3, 0.4) is 0 Å². The number of benzene rings is 11. The summed E-state index contributed by atoms with van der Waals surface area (Å²) in [5.74, 6) is 0. The third kappa shape index (κ3) is 6.18. The standard InChI is InChI=1S/C65H43NO/c1-3-22-48(23-4-1)65(49-24-5-2-6-25-49)59-32-12-9-28-56(59)57-41-40-51(43-60(57)65)66(50-38-36-45(37-39-50)55-31-17-35-63-64(55)58-29-11-14-34-62(58)67-63)61-33-13-10-27-54(61)47-21-15-20-46(42-47)53-30-16-19-44-18-7-8-26-52(44)53/h1-43H. The molecule has 0 bridgehead atoms. The van der Waals surface area contributed by atoms with Gasteiger partial charge < -0.3 is 9.32 Å². The maximum Gasteiger partial charge on any atom is 0.136 e. The number of nitrogens with zero attached hydrogens (tertiary/aromatic N) is 1. The molecule has 67 heavy (non-hydrogen) atoms. The first-order chi connectivity index (χ1) is 33.2. The summed E-state index contributed by atoms with van der Waals surface area (Å²) in [6, 6.07) is 95.2. The fraction of sp³-hybridized carbons (Fsp3) is 0.0154. The minimum atomic E-state index is -0.543. The van der Waals surface area contributed by atoms with Gasteiger partial charge in [-0.3, -0.25) is 0 Å². The molecule has 12 aromatic rings. The molecule has 0 unspecified atom stereocenters. The number of rotatable bonds is 8. The first-order valence-electron chi connectivity index (χ1n) is 23.1. The fourth-order valence-corrected chi connectivity index (χ4v) is 11.0. The van der Waals surface area contributed by atoms with E-state index in [9.17, 15) is 0 Å². The van der Waals surface area contributed by atoms with Crippen molar-refractivity contribution >= 4 is 49.8 Å².